The van der Waals surface area contributed by atoms with E-state index < -0.39 is 4.92 Å². The summed E-state index contributed by atoms with van der Waals surface area (Å²) >= 11 is 0. The number of anilines is 1. The molecule has 7 nitrogen and oxygen atoms in total. The van der Waals surface area contributed by atoms with Crippen LogP contribution >= 0.6 is 0 Å². The molecule has 1 aromatic carbocycles. The third-order valence-electron chi connectivity index (χ3n) is 3.05. The molecule has 1 heterocycles. The van der Waals surface area contributed by atoms with Crippen LogP contribution in [0.15, 0.2) is 24.4 Å². The standard InChI is InChI=1S/C14H18N4O3/c1-3-7-21-13-6-4-5-12(14(13)18(19)20)15-8-11-9-16-17-10(11)2/h4-6,9,15H,3,7-8H2,1-2H3,(H,16,17). The van der Waals surface area contributed by atoms with Gasteiger partial charge in [0.2, 0.25) is 0 Å². The van der Waals surface area contributed by atoms with Crippen molar-refractivity contribution in [2.24, 2.45) is 0 Å². The first kappa shape index (κ1) is 14.8. The van der Waals surface area contributed by atoms with Crippen LogP contribution in [-0.4, -0.2) is 21.7 Å². The number of aromatic amines is 1. The zero-order valence-electron chi connectivity index (χ0n) is 12.0. The van der Waals surface area contributed by atoms with E-state index in [9.17, 15) is 10.1 Å². The van der Waals surface area contributed by atoms with Crippen LogP contribution in [0.3, 0.4) is 0 Å². The minimum atomic E-state index is -0.421. The molecule has 0 unspecified atom stereocenters. The van der Waals surface area contributed by atoms with Gasteiger partial charge in [0.05, 0.1) is 17.7 Å². The number of H-pyrrole nitrogens is 1. The average Bonchev–Trinajstić information content (AvgIpc) is 2.87. The predicted octanol–water partition coefficient (Wildman–Crippen LogP) is 3.03. The fraction of sp³-hybridized carbons (Fsp3) is 0.357. The summed E-state index contributed by atoms with van der Waals surface area (Å²) in [6, 6.07) is 5.02. The molecular weight excluding hydrogens is 272 g/mol. The molecule has 0 saturated carbocycles. The van der Waals surface area contributed by atoms with Crippen LogP contribution in [0.4, 0.5) is 11.4 Å². The highest BCUT2D eigenvalue weighted by atomic mass is 16.6. The minimum Gasteiger partial charge on any atom is -0.487 e. The molecule has 7 heteroatoms. The number of nitrogens with zero attached hydrogens (tertiary/aromatic N) is 2. The Morgan fingerprint density at radius 1 is 1.48 bits per heavy atom. The molecule has 0 radical (unpaired) electrons. The molecule has 0 atom stereocenters. The fourth-order valence-electron chi connectivity index (χ4n) is 1.93. The third-order valence-corrected chi connectivity index (χ3v) is 3.05. The van der Waals surface area contributed by atoms with Gasteiger partial charge in [0.15, 0.2) is 5.75 Å². The Hall–Kier alpha value is -2.57. The Morgan fingerprint density at radius 2 is 2.29 bits per heavy atom. The van der Waals surface area contributed by atoms with E-state index in [0.717, 1.165) is 17.7 Å². The molecule has 0 aliphatic carbocycles. The zero-order chi connectivity index (χ0) is 15.2. The second-order valence-electron chi connectivity index (χ2n) is 4.63. The lowest BCUT2D eigenvalue weighted by molar-refractivity contribution is -0.385. The van der Waals surface area contributed by atoms with Gasteiger partial charge >= 0.3 is 5.69 Å². The van der Waals surface area contributed by atoms with Gasteiger partial charge in [0.1, 0.15) is 5.69 Å². The summed E-state index contributed by atoms with van der Waals surface area (Å²) in [7, 11) is 0. The van der Waals surface area contributed by atoms with Crippen LogP contribution in [0.2, 0.25) is 0 Å². The summed E-state index contributed by atoms with van der Waals surface area (Å²) < 4.78 is 5.45. The second-order valence-corrected chi connectivity index (χ2v) is 4.63. The van der Waals surface area contributed by atoms with Crippen molar-refractivity contribution in [2.75, 3.05) is 11.9 Å². The molecule has 2 aromatic rings. The largest absolute Gasteiger partial charge is 0.487 e. The average molecular weight is 290 g/mol. The molecule has 0 fully saturated rings. The Labute approximate surface area is 122 Å². The lowest BCUT2D eigenvalue weighted by Crippen LogP contribution is -2.05. The quantitative estimate of drug-likeness (QED) is 0.604. The van der Waals surface area contributed by atoms with Gasteiger partial charge in [0.25, 0.3) is 0 Å². The first-order valence-corrected chi connectivity index (χ1v) is 6.76. The smallest absolute Gasteiger partial charge is 0.333 e. The van der Waals surface area contributed by atoms with Crippen LogP contribution in [0.5, 0.6) is 5.75 Å². The molecule has 0 spiro atoms. The molecule has 21 heavy (non-hydrogen) atoms. The van der Waals surface area contributed by atoms with E-state index in [1.807, 2.05) is 13.8 Å². The first-order valence-electron chi connectivity index (χ1n) is 6.76. The van der Waals surface area contributed by atoms with Gasteiger partial charge in [-0.15, -0.1) is 0 Å². The topological polar surface area (TPSA) is 93.1 Å². The predicted molar refractivity (Wildman–Crippen MR) is 79.5 cm³/mol. The van der Waals surface area contributed by atoms with Crippen LogP contribution in [0, 0.1) is 17.0 Å². The highest BCUT2D eigenvalue weighted by molar-refractivity contribution is 5.68. The van der Waals surface area contributed by atoms with E-state index in [1.165, 1.54) is 0 Å². The Morgan fingerprint density at radius 3 is 2.90 bits per heavy atom. The lowest BCUT2D eigenvalue weighted by Gasteiger charge is -2.10. The summed E-state index contributed by atoms with van der Waals surface area (Å²) in [5, 5.41) is 21.1. The number of nitro benzene ring substituents is 1. The molecule has 0 aliphatic rings. The van der Waals surface area contributed by atoms with Crippen molar-refractivity contribution in [1.29, 1.82) is 0 Å². The summed E-state index contributed by atoms with van der Waals surface area (Å²) in [6.45, 7) is 4.76. The van der Waals surface area contributed by atoms with Gasteiger partial charge in [-0.2, -0.15) is 5.10 Å². The van der Waals surface area contributed by atoms with Gasteiger partial charge in [-0.25, -0.2) is 0 Å². The first-order chi connectivity index (χ1) is 10.1. The van der Waals surface area contributed by atoms with E-state index in [4.69, 9.17) is 4.74 Å². The van der Waals surface area contributed by atoms with Gasteiger partial charge in [-0.3, -0.25) is 15.2 Å². The Kier molecular flexibility index (Phi) is 4.76. The molecule has 112 valence electrons. The van der Waals surface area contributed by atoms with Gasteiger partial charge in [0, 0.05) is 17.8 Å². The Balaban J connectivity index is 2.21. The number of aromatic nitrogens is 2. The normalized spacial score (nSPS) is 10.4. The maximum Gasteiger partial charge on any atom is 0.333 e. The van der Waals surface area contributed by atoms with E-state index in [0.29, 0.717) is 18.8 Å². The number of aryl methyl sites for hydroxylation is 1. The number of rotatable bonds is 7. The van der Waals surface area contributed by atoms with E-state index in [1.54, 1.807) is 24.4 Å². The number of nitrogens with one attached hydrogen (secondary N) is 2. The minimum absolute atomic E-state index is 0.0351. The van der Waals surface area contributed by atoms with E-state index in [2.05, 4.69) is 15.5 Å². The van der Waals surface area contributed by atoms with Gasteiger partial charge < -0.3 is 10.1 Å². The van der Waals surface area contributed by atoms with Crippen molar-refractivity contribution >= 4 is 11.4 Å². The van der Waals surface area contributed by atoms with E-state index in [-0.39, 0.29) is 11.4 Å². The number of hydrogen-bond acceptors (Lipinski definition) is 5. The zero-order valence-corrected chi connectivity index (χ0v) is 12.0. The maximum absolute atomic E-state index is 11.3. The van der Waals surface area contributed by atoms with E-state index >= 15 is 0 Å². The summed E-state index contributed by atoms with van der Waals surface area (Å²) in [5.74, 6) is 0.288. The molecule has 0 aliphatic heterocycles. The van der Waals surface area contributed by atoms with Crippen molar-refractivity contribution in [3.8, 4) is 5.75 Å². The van der Waals surface area contributed by atoms with Gasteiger partial charge in [-0.1, -0.05) is 13.0 Å². The van der Waals surface area contributed by atoms with Crippen molar-refractivity contribution in [3.05, 3.63) is 45.8 Å². The maximum atomic E-state index is 11.3. The van der Waals surface area contributed by atoms with Gasteiger partial charge in [-0.05, 0) is 25.5 Å². The second kappa shape index (κ2) is 6.74. The molecule has 2 N–H and O–H groups in total. The Bertz CT molecular complexity index is 624. The summed E-state index contributed by atoms with van der Waals surface area (Å²) in [4.78, 5) is 10.9. The van der Waals surface area contributed by atoms with Crippen LogP contribution in [0.1, 0.15) is 24.6 Å². The summed E-state index contributed by atoms with van der Waals surface area (Å²) in [6.07, 6.45) is 2.49. The van der Waals surface area contributed by atoms with Crippen LogP contribution in [-0.2, 0) is 6.54 Å². The number of para-hydroxylation sites is 1. The number of hydrogen-bond donors (Lipinski definition) is 2. The molecule has 0 saturated heterocycles. The molecule has 1 aromatic heterocycles. The SMILES string of the molecule is CCCOc1cccc(NCc2cn[nH]c2C)c1[N+](=O)[O-]. The molecule has 2 rings (SSSR count). The summed E-state index contributed by atoms with van der Waals surface area (Å²) in [5.41, 5.74) is 2.30. The highest BCUT2D eigenvalue weighted by Crippen LogP contribution is 2.35. The highest BCUT2D eigenvalue weighted by Gasteiger charge is 2.20. The fourth-order valence-corrected chi connectivity index (χ4v) is 1.93. The molecule has 0 amide bonds. The van der Waals surface area contributed by atoms with Crippen molar-refractivity contribution in [2.45, 2.75) is 26.8 Å². The number of ether oxygens (including phenoxy) is 1. The van der Waals surface area contributed by atoms with Crippen LogP contribution < -0.4 is 10.1 Å². The molecular formula is C14H18N4O3. The van der Waals surface area contributed by atoms with Crippen LogP contribution in [0.25, 0.3) is 0 Å². The monoisotopic (exact) mass is 290 g/mol. The third kappa shape index (κ3) is 3.50. The number of nitro groups is 1. The van der Waals surface area contributed by atoms with Crippen molar-refractivity contribution in [3.63, 3.8) is 0 Å². The lowest BCUT2D eigenvalue weighted by atomic mass is 10.2. The van der Waals surface area contributed by atoms with Crippen molar-refractivity contribution in [1.82, 2.24) is 10.2 Å². The molecule has 0 bridgehead atoms. The van der Waals surface area contributed by atoms with Crippen molar-refractivity contribution < 1.29 is 9.66 Å². The number of benzene rings is 1.